The molecule has 31 heavy (non-hydrogen) atoms. The number of halogens is 1. The smallest absolute Gasteiger partial charge is 0.122 e. The van der Waals surface area contributed by atoms with Crippen LogP contribution in [0.1, 0.15) is 36.0 Å². The highest BCUT2D eigenvalue weighted by atomic mass is 79.9. The highest BCUT2D eigenvalue weighted by Crippen LogP contribution is 2.33. The van der Waals surface area contributed by atoms with Crippen LogP contribution in [-0.2, 0) is 19.4 Å². The predicted molar refractivity (Wildman–Crippen MR) is 129 cm³/mol. The van der Waals surface area contributed by atoms with Crippen LogP contribution in [0.15, 0.2) is 72.8 Å². The SMILES string of the molecule is Br.Oc1ccc(CCC2CCC(Cc3ccc(O)cc3O)N2Cc2ccccc2)cc1. The minimum Gasteiger partial charge on any atom is -0.508 e. The summed E-state index contributed by atoms with van der Waals surface area (Å²) in [6, 6.07) is 23.8. The lowest BCUT2D eigenvalue weighted by molar-refractivity contribution is 0.174. The molecule has 3 aromatic rings. The molecule has 1 aliphatic heterocycles. The maximum absolute atomic E-state index is 10.3. The van der Waals surface area contributed by atoms with Crippen molar-refractivity contribution in [2.24, 2.45) is 0 Å². The van der Waals surface area contributed by atoms with E-state index in [9.17, 15) is 15.3 Å². The average Bonchev–Trinajstić information content (AvgIpc) is 3.11. The maximum Gasteiger partial charge on any atom is 0.122 e. The first-order valence-corrected chi connectivity index (χ1v) is 10.7. The molecule has 1 aliphatic rings. The molecule has 1 saturated heterocycles. The van der Waals surface area contributed by atoms with Crippen molar-refractivity contribution < 1.29 is 15.3 Å². The summed E-state index contributed by atoms with van der Waals surface area (Å²) in [7, 11) is 0. The Morgan fingerprint density at radius 2 is 1.42 bits per heavy atom. The van der Waals surface area contributed by atoms with Gasteiger partial charge in [0, 0.05) is 24.7 Å². The van der Waals surface area contributed by atoms with Crippen LogP contribution in [0, 0.1) is 0 Å². The molecule has 3 aromatic carbocycles. The van der Waals surface area contributed by atoms with E-state index in [1.165, 1.54) is 17.2 Å². The fraction of sp³-hybridized carbons (Fsp3) is 0.308. The summed E-state index contributed by atoms with van der Waals surface area (Å²) in [4.78, 5) is 2.59. The maximum atomic E-state index is 10.3. The summed E-state index contributed by atoms with van der Waals surface area (Å²) >= 11 is 0. The number of hydrogen-bond acceptors (Lipinski definition) is 4. The normalized spacial score (nSPS) is 18.6. The number of nitrogens with zero attached hydrogens (tertiary/aromatic N) is 1. The molecule has 0 spiro atoms. The van der Waals surface area contributed by atoms with Crippen molar-refractivity contribution in [1.82, 2.24) is 4.90 Å². The first kappa shape index (κ1) is 23.2. The first-order chi connectivity index (χ1) is 14.6. The van der Waals surface area contributed by atoms with Crippen molar-refractivity contribution in [2.75, 3.05) is 0 Å². The summed E-state index contributed by atoms with van der Waals surface area (Å²) in [5.41, 5.74) is 3.43. The topological polar surface area (TPSA) is 63.9 Å². The van der Waals surface area contributed by atoms with Crippen molar-refractivity contribution in [3.8, 4) is 17.2 Å². The lowest BCUT2D eigenvalue weighted by Crippen LogP contribution is -2.37. The molecular formula is C26H30BrNO3. The van der Waals surface area contributed by atoms with Crippen LogP contribution in [0.25, 0.3) is 0 Å². The summed E-state index contributed by atoms with van der Waals surface area (Å²) < 4.78 is 0. The van der Waals surface area contributed by atoms with Crippen molar-refractivity contribution in [3.63, 3.8) is 0 Å². The first-order valence-electron chi connectivity index (χ1n) is 10.7. The van der Waals surface area contributed by atoms with Crippen molar-refractivity contribution in [2.45, 2.75) is 50.7 Å². The van der Waals surface area contributed by atoms with Crippen molar-refractivity contribution in [1.29, 1.82) is 0 Å². The monoisotopic (exact) mass is 483 g/mol. The van der Waals surface area contributed by atoms with Gasteiger partial charge in [-0.2, -0.15) is 0 Å². The number of benzene rings is 3. The number of rotatable bonds is 7. The number of phenolic OH excluding ortho intramolecular Hbond substituents is 3. The molecule has 0 radical (unpaired) electrons. The zero-order chi connectivity index (χ0) is 20.9. The molecular weight excluding hydrogens is 454 g/mol. The number of phenols is 3. The summed E-state index contributed by atoms with van der Waals surface area (Å²) in [5.74, 6) is 0.567. The number of aromatic hydroxyl groups is 3. The second kappa shape index (κ2) is 10.7. The van der Waals surface area contributed by atoms with Crippen LogP contribution in [0.5, 0.6) is 17.2 Å². The molecule has 2 atom stereocenters. The number of hydrogen-bond donors (Lipinski definition) is 3. The van der Waals surface area contributed by atoms with Crippen LogP contribution < -0.4 is 0 Å². The predicted octanol–water partition coefficient (Wildman–Crippen LogP) is 5.59. The van der Waals surface area contributed by atoms with Crippen LogP contribution in [0.4, 0.5) is 0 Å². The zero-order valence-electron chi connectivity index (χ0n) is 17.5. The van der Waals surface area contributed by atoms with E-state index in [1.54, 1.807) is 18.2 Å². The Kier molecular flexibility index (Phi) is 7.99. The molecule has 0 bridgehead atoms. The Morgan fingerprint density at radius 1 is 0.742 bits per heavy atom. The Hall–Kier alpha value is -2.50. The molecule has 164 valence electrons. The third-order valence-electron chi connectivity index (χ3n) is 6.21. The summed E-state index contributed by atoms with van der Waals surface area (Å²) in [6.45, 7) is 0.893. The molecule has 2 unspecified atom stereocenters. The molecule has 0 aliphatic carbocycles. The largest absolute Gasteiger partial charge is 0.508 e. The van der Waals surface area contributed by atoms with Gasteiger partial charge < -0.3 is 15.3 Å². The highest BCUT2D eigenvalue weighted by Gasteiger charge is 2.33. The molecule has 5 heteroatoms. The van der Waals surface area contributed by atoms with Gasteiger partial charge in [0.05, 0.1) is 0 Å². The van der Waals surface area contributed by atoms with Crippen molar-refractivity contribution in [3.05, 3.63) is 89.5 Å². The fourth-order valence-corrected chi connectivity index (χ4v) is 4.57. The summed E-state index contributed by atoms with van der Waals surface area (Å²) in [6.07, 6.45) is 5.04. The van der Waals surface area contributed by atoms with Gasteiger partial charge in [0.1, 0.15) is 17.2 Å². The molecule has 4 nitrogen and oxygen atoms in total. The minimum absolute atomic E-state index is 0. The molecule has 1 fully saturated rings. The second-order valence-corrected chi connectivity index (χ2v) is 8.27. The highest BCUT2D eigenvalue weighted by molar-refractivity contribution is 8.93. The van der Waals surface area contributed by atoms with Gasteiger partial charge in [-0.1, -0.05) is 48.5 Å². The third-order valence-corrected chi connectivity index (χ3v) is 6.21. The minimum atomic E-state index is 0. The van der Waals surface area contributed by atoms with E-state index < -0.39 is 0 Å². The van der Waals surface area contributed by atoms with Gasteiger partial charge >= 0.3 is 0 Å². The molecule has 0 amide bonds. The van der Waals surface area contributed by atoms with Crippen LogP contribution in [-0.4, -0.2) is 32.3 Å². The quantitative estimate of drug-likeness (QED) is 0.409. The van der Waals surface area contributed by atoms with E-state index in [2.05, 4.69) is 29.2 Å². The van der Waals surface area contributed by atoms with E-state index in [-0.39, 0.29) is 28.5 Å². The Labute approximate surface area is 194 Å². The lowest BCUT2D eigenvalue weighted by Gasteiger charge is -2.31. The van der Waals surface area contributed by atoms with Gasteiger partial charge in [0.2, 0.25) is 0 Å². The fourth-order valence-electron chi connectivity index (χ4n) is 4.57. The summed E-state index contributed by atoms with van der Waals surface area (Å²) in [5, 5.41) is 29.4. The Balaban J connectivity index is 0.00000272. The van der Waals surface area contributed by atoms with Crippen LogP contribution >= 0.6 is 17.0 Å². The van der Waals surface area contributed by atoms with E-state index in [4.69, 9.17) is 0 Å². The standard InChI is InChI=1S/C26H29NO3.BrH/c28-24-13-7-19(8-14-24)6-10-22-11-12-23(16-21-9-15-25(29)17-26(21)30)27(22)18-20-4-2-1-3-5-20;/h1-5,7-9,13-15,17,22-23,28-30H,6,10-12,16,18H2;1H. The van der Waals surface area contributed by atoms with Crippen molar-refractivity contribution >= 4 is 17.0 Å². The zero-order valence-corrected chi connectivity index (χ0v) is 19.2. The van der Waals surface area contributed by atoms with Gasteiger partial charge in [-0.15, -0.1) is 17.0 Å². The van der Waals surface area contributed by atoms with Crippen LogP contribution in [0.2, 0.25) is 0 Å². The number of likely N-dealkylation sites (tertiary alicyclic amines) is 1. The Morgan fingerprint density at radius 3 is 2.13 bits per heavy atom. The van der Waals surface area contributed by atoms with Crippen LogP contribution in [0.3, 0.4) is 0 Å². The van der Waals surface area contributed by atoms with E-state index in [0.29, 0.717) is 17.8 Å². The lowest BCUT2D eigenvalue weighted by atomic mass is 10.0. The van der Waals surface area contributed by atoms with Gasteiger partial charge in [-0.25, -0.2) is 0 Å². The van der Waals surface area contributed by atoms with E-state index >= 15 is 0 Å². The van der Waals surface area contributed by atoms with E-state index in [1.807, 2.05) is 24.3 Å². The molecule has 0 saturated carbocycles. The van der Waals surface area contributed by atoms with Gasteiger partial charge in [-0.05, 0) is 67.0 Å². The molecule has 3 N–H and O–H groups in total. The van der Waals surface area contributed by atoms with Gasteiger partial charge in [-0.3, -0.25) is 4.90 Å². The third kappa shape index (κ3) is 6.02. The number of aryl methyl sites for hydroxylation is 1. The second-order valence-electron chi connectivity index (χ2n) is 8.27. The average molecular weight is 484 g/mol. The van der Waals surface area contributed by atoms with Gasteiger partial charge in [0.15, 0.2) is 0 Å². The Bertz CT molecular complexity index is 962. The molecule has 4 rings (SSSR count). The molecule has 0 aromatic heterocycles. The molecule has 1 heterocycles. The van der Waals surface area contributed by atoms with Gasteiger partial charge in [0.25, 0.3) is 0 Å². The van der Waals surface area contributed by atoms with E-state index in [0.717, 1.165) is 44.2 Å².